The Bertz CT molecular complexity index is 1060. The molecule has 0 aromatic carbocycles. The number of carbonyl (C=O) groups is 1. The molecule has 0 saturated heterocycles. The minimum absolute atomic E-state index is 0.00234. The van der Waals surface area contributed by atoms with Crippen molar-refractivity contribution < 1.29 is 37.3 Å². The van der Waals surface area contributed by atoms with Gasteiger partial charge in [0.15, 0.2) is 6.10 Å². The molecule has 0 fully saturated rings. The highest BCUT2D eigenvalue weighted by Crippen LogP contribution is 2.38. The summed E-state index contributed by atoms with van der Waals surface area (Å²) in [5.74, 6) is -0.435. The Balaban J connectivity index is 4.41. The number of rotatable bonds is 40. The van der Waals surface area contributed by atoms with Crippen molar-refractivity contribution >= 4 is 13.8 Å². The van der Waals surface area contributed by atoms with Gasteiger partial charge in [0.2, 0.25) is 0 Å². The summed E-state index contributed by atoms with van der Waals surface area (Å²) in [4.78, 5) is 25.0. The van der Waals surface area contributed by atoms with E-state index in [0.29, 0.717) is 17.4 Å². The molecule has 0 aromatic heterocycles. The van der Waals surface area contributed by atoms with Crippen molar-refractivity contribution in [3.8, 4) is 0 Å². The van der Waals surface area contributed by atoms with Crippen molar-refractivity contribution in [3.05, 3.63) is 60.9 Å². The normalized spacial score (nSPS) is 14.3. The molecule has 0 amide bonds. The highest BCUT2D eigenvalue weighted by Gasteiger charge is 2.20. The van der Waals surface area contributed by atoms with E-state index in [1.165, 1.54) is 116 Å². The molecular weight excluding hydrogens is 709 g/mol. The van der Waals surface area contributed by atoms with Crippen LogP contribution in [0.5, 0.6) is 0 Å². The van der Waals surface area contributed by atoms with Crippen LogP contribution in [0, 0.1) is 0 Å². The lowest BCUT2D eigenvalue weighted by atomic mass is 10.0. The van der Waals surface area contributed by atoms with Gasteiger partial charge in [-0.25, -0.2) is 0 Å². The van der Waals surface area contributed by atoms with Crippen LogP contribution < -0.4 is 4.89 Å². The number of esters is 1. The smallest absolute Gasteiger partial charge is 0.306 e. The molecule has 55 heavy (non-hydrogen) atoms. The fourth-order valence-corrected chi connectivity index (χ4v) is 6.42. The number of carbonyl (C=O) groups excluding carboxylic acids is 1. The Kier molecular flexibility index (Phi) is 37.5. The largest absolute Gasteiger partial charge is 0.756 e. The van der Waals surface area contributed by atoms with Crippen LogP contribution >= 0.6 is 7.82 Å². The first kappa shape index (κ1) is 53.0. The molecule has 0 radical (unpaired) electrons. The average Bonchev–Trinajstić information content (AvgIpc) is 3.13. The third-order valence-corrected chi connectivity index (χ3v) is 10.1. The van der Waals surface area contributed by atoms with E-state index in [2.05, 4.69) is 50.3 Å². The molecule has 0 aliphatic carbocycles. The minimum atomic E-state index is -4.56. The number of likely N-dealkylation sites (N-methyl/N-ethyl adjacent to an activating group) is 1. The zero-order chi connectivity index (χ0) is 40.6. The number of phosphoric ester groups is 1. The van der Waals surface area contributed by atoms with Gasteiger partial charge in [0.05, 0.1) is 34.0 Å². The first-order valence-electron chi connectivity index (χ1n) is 22.1. The maximum absolute atomic E-state index is 12.6. The lowest BCUT2D eigenvalue weighted by molar-refractivity contribution is -0.870. The van der Waals surface area contributed by atoms with Gasteiger partial charge < -0.3 is 27.9 Å². The average molecular weight is 794 g/mol. The quantitative estimate of drug-likeness (QED) is 0.0152. The van der Waals surface area contributed by atoms with E-state index in [4.69, 9.17) is 18.5 Å². The second-order valence-electron chi connectivity index (χ2n) is 15.8. The lowest BCUT2D eigenvalue weighted by Gasteiger charge is -2.28. The topological polar surface area (TPSA) is 94.1 Å². The summed E-state index contributed by atoms with van der Waals surface area (Å²) >= 11 is 0. The summed E-state index contributed by atoms with van der Waals surface area (Å²) in [6, 6.07) is 0. The van der Waals surface area contributed by atoms with E-state index in [-0.39, 0.29) is 26.2 Å². The molecule has 9 heteroatoms. The standard InChI is InChI=1S/C46H84NO7P/c1-6-8-10-12-14-16-18-20-22-24-25-27-29-31-33-35-37-39-46(48)54-45(44-53-55(49,50)52-42-40-47(3,4)5)43-51-41-38-36-34-32-30-28-26-23-21-19-17-15-13-11-9-7-2/h16,18,22,24,27,29,33,35,38,41,45H,6-15,17,19-21,23,25-26,28,30-32,34,36-37,39-40,42-44H2,1-5H3/b18-16-,24-22-,29-27-,35-33-,41-38+. The summed E-state index contributed by atoms with van der Waals surface area (Å²) in [5, 5.41) is 0. The third kappa shape index (κ3) is 43.0. The maximum Gasteiger partial charge on any atom is 0.306 e. The molecule has 0 heterocycles. The van der Waals surface area contributed by atoms with Crippen molar-refractivity contribution in [1.29, 1.82) is 0 Å². The zero-order valence-electron chi connectivity index (χ0n) is 36.1. The van der Waals surface area contributed by atoms with Crippen LogP contribution in [0.1, 0.15) is 174 Å². The Morgan fingerprint density at radius 2 is 1.02 bits per heavy atom. The molecular formula is C46H84NO7P. The summed E-state index contributed by atoms with van der Waals surface area (Å²) in [6.07, 6.45) is 49.1. The molecule has 320 valence electrons. The van der Waals surface area contributed by atoms with E-state index in [1.807, 2.05) is 39.4 Å². The highest BCUT2D eigenvalue weighted by atomic mass is 31.2. The maximum atomic E-state index is 12.6. The van der Waals surface area contributed by atoms with Gasteiger partial charge in [0.1, 0.15) is 19.8 Å². The van der Waals surface area contributed by atoms with Gasteiger partial charge in [-0.15, -0.1) is 0 Å². The molecule has 8 nitrogen and oxygen atoms in total. The number of ether oxygens (including phenoxy) is 2. The summed E-state index contributed by atoms with van der Waals surface area (Å²) in [7, 11) is 1.28. The van der Waals surface area contributed by atoms with Crippen LogP contribution in [-0.2, 0) is 27.9 Å². The first-order chi connectivity index (χ1) is 26.6. The van der Waals surface area contributed by atoms with Crippen LogP contribution in [0.4, 0.5) is 0 Å². The molecule has 2 atom stereocenters. The highest BCUT2D eigenvalue weighted by molar-refractivity contribution is 7.45. The third-order valence-electron chi connectivity index (χ3n) is 9.15. The van der Waals surface area contributed by atoms with Crippen LogP contribution in [0.15, 0.2) is 60.9 Å². The van der Waals surface area contributed by atoms with Gasteiger partial charge in [0, 0.05) is 6.42 Å². The van der Waals surface area contributed by atoms with Crippen LogP contribution in [-0.4, -0.2) is 64.1 Å². The van der Waals surface area contributed by atoms with E-state index in [0.717, 1.165) is 32.1 Å². The van der Waals surface area contributed by atoms with Gasteiger partial charge >= 0.3 is 5.97 Å². The fraction of sp³-hybridized carbons (Fsp3) is 0.761. The number of nitrogens with zero attached hydrogens (tertiary/aromatic N) is 1. The predicted molar refractivity (Wildman–Crippen MR) is 231 cm³/mol. The van der Waals surface area contributed by atoms with Gasteiger partial charge in [-0.05, 0) is 57.4 Å². The Labute approximate surface area is 339 Å². The molecule has 0 aliphatic rings. The molecule has 2 unspecified atom stereocenters. The van der Waals surface area contributed by atoms with Gasteiger partial charge in [-0.2, -0.15) is 0 Å². The summed E-state index contributed by atoms with van der Waals surface area (Å²) < 4.78 is 34.2. The number of hydrogen-bond acceptors (Lipinski definition) is 7. The number of unbranched alkanes of at least 4 members (excludes halogenated alkanes) is 18. The molecule has 0 spiro atoms. The van der Waals surface area contributed by atoms with Crippen molar-refractivity contribution in [2.75, 3.05) is 47.5 Å². The summed E-state index contributed by atoms with van der Waals surface area (Å²) in [6.45, 7) is 4.63. The van der Waals surface area contributed by atoms with Crippen molar-refractivity contribution in [3.63, 3.8) is 0 Å². The lowest BCUT2D eigenvalue weighted by Crippen LogP contribution is -2.37. The molecule has 0 rings (SSSR count). The van der Waals surface area contributed by atoms with Gasteiger partial charge in [-0.1, -0.05) is 165 Å². The number of phosphoric acid groups is 1. The second-order valence-corrected chi connectivity index (χ2v) is 17.2. The van der Waals surface area contributed by atoms with Crippen molar-refractivity contribution in [1.82, 2.24) is 0 Å². The molecule has 0 aliphatic heterocycles. The van der Waals surface area contributed by atoms with Crippen molar-refractivity contribution in [2.24, 2.45) is 0 Å². The number of allylic oxidation sites excluding steroid dienone is 9. The van der Waals surface area contributed by atoms with Gasteiger partial charge in [-0.3, -0.25) is 9.36 Å². The number of hydrogen-bond donors (Lipinski definition) is 0. The van der Waals surface area contributed by atoms with Crippen LogP contribution in [0.2, 0.25) is 0 Å². The SMILES string of the molecule is CCCCCC/C=C\C/C=C\C/C=C\C/C=C\CCC(=O)OC(CO/C=C/CCCCCCCCCCCCCCCC)COP(=O)([O-])OCC[N+](C)(C)C. The molecule has 0 bridgehead atoms. The molecule has 0 aromatic rings. The molecule has 0 saturated carbocycles. The van der Waals surface area contributed by atoms with E-state index >= 15 is 0 Å². The predicted octanol–water partition coefficient (Wildman–Crippen LogP) is 12.7. The van der Waals surface area contributed by atoms with Crippen LogP contribution in [0.25, 0.3) is 0 Å². The summed E-state index contributed by atoms with van der Waals surface area (Å²) in [5.41, 5.74) is 0. The molecule has 0 N–H and O–H groups in total. The van der Waals surface area contributed by atoms with E-state index < -0.39 is 19.9 Å². The zero-order valence-corrected chi connectivity index (χ0v) is 37.0. The Morgan fingerprint density at radius 3 is 1.53 bits per heavy atom. The fourth-order valence-electron chi connectivity index (χ4n) is 5.69. The first-order valence-corrected chi connectivity index (χ1v) is 23.5. The second kappa shape index (κ2) is 38.9. The van der Waals surface area contributed by atoms with Crippen LogP contribution in [0.3, 0.4) is 0 Å². The Hall–Kier alpha value is -1.96. The van der Waals surface area contributed by atoms with Crippen molar-refractivity contribution in [2.45, 2.75) is 180 Å². The monoisotopic (exact) mass is 794 g/mol. The minimum Gasteiger partial charge on any atom is -0.756 e. The van der Waals surface area contributed by atoms with Gasteiger partial charge in [0.25, 0.3) is 7.82 Å². The number of quaternary nitrogens is 1. The van der Waals surface area contributed by atoms with E-state index in [9.17, 15) is 14.3 Å². The Morgan fingerprint density at radius 1 is 0.582 bits per heavy atom. The van der Waals surface area contributed by atoms with E-state index in [1.54, 1.807) is 6.26 Å².